The minimum atomic E-state index is -0.114. The summed E-state index contributed by atoms with van der Waals surface area (Å²) in [4.78, 5) is 4.21. The van der Waals surface area contributed by atoms with Gasteiger partial charge in [0.2, 0.25) is 0 Å². The van der Waals surface area contributed by atoms with Gasteiger partial charge in [-0.15, -0.1) is 0 Å². The third kappa shape index (κ3) is 5.20. The first-order valence-corrected chi connectivity index (χ1v) is 8.35. The number of halogens is 1. The molecule has 2 N–H and O–H groups in total. The van der Waals surface area contributed by atoms with E-state index in [1.165, 1.54) is 6.07 Å². The molecule has 128 valence electrons. The van der Waals surface area contributed by atoms with Gasteiger partial charge in [0.25, 0.3) is 0 Å². The van der Waals surface area contributed by atoms with E-state index in [1.54, 1.807) is 13.1 Å². The first-order valence-electron chi connectivity index (χ1n) is 8.35. The van der Waals surface area contributed by atoms with Crippen LogP contribution in [-0.4, -0.2) is 39.3 Å². The van der Waals surface area contributed by atoms with Crippen molar-refractivity contribution in [3.63, 3.8) is 0 Å². The third-order valence-electron chi connectivity index (χ3n) is 4.11. The van der Waals surface area contributed by atoms with E-state index in [9.17, 15) is 4.39 Å². The van der Waals surface area contributed by atoms with Gasteiger partial charge in [0.1, 0.15) is 5.82 Å². The molecule has 1 aliphatic carbocycles. The highest BCUT2D eigenvalue weighted by molar-refractivity contribution is 5.79. The van der Waals surface area contributed by atoms with Crippen LogP contribution in [-0.2, 0) is 10.2 Å². The van der Waals surface area contributed by atoms with Gasteiger partial charge in [0, 0.05) is 32.2 Å². The van der Waals surface area contributed by atoms with Crippen LogP contribution >= 0.6 is 0 Å². The second-order valence-corrected chi connectivity index (χ2v) is 6.58. The van der Waals surface area contributed by atoms with Gasteiger partial charge in [0.05, 0.1) is 6.61 Å². The smallest absolute Gasteiger partial charge is 0.191 e. The van der Waals surface area contributed by atoms with Crippen LogP contribution in [0.3, 0.4) is 0 Å². The largest absolute Gasteiger partial charge is 0.379 e. The molecule has 0 unspecified atom stereocenters. The van der Waals surface area contributed by atoms with Crippen LogP contribution in [0.2, 0.25) is 0 Å². The molecule has 1 aliphatic rings. The molecule has 0 atom stereocenters. The molecule has 23 heavy (non-hydrogen) atoms. The van der Waals surface area contributed by atoms with Crippen LogP contribution in [0.15, 0.2) is 29.3 Å². The second kappa shape index (κ2) is 8.29. The molecule has 1 aromatic rings. The van der Waals surface area contributed by atoms with E-state index < -0.39 is 0 Å². The van der Waals surface area contributed by atoms with Gasteiger partial charge in [-0.3, -0.25) is 4.99 Å². The fourth-order valence-electron chi connectivity index (χ4n) is 2.62. The number of aliphatic imine (C=N–C) groups is 1. The zero-order valence-corrected chi connectivity index (χ0v) is 14.4. The molecule has 0 aromatic heterocycles. The predicted octanol–water partition coefficient (Wildman–Crippen LogP) is 2.69. The summed E-state index contributed by atoms with van der Waals surface area (Å²) in [5.74, 6) is 1.17. The zero-order chi connectivity index (χ0) is 16.7. The van der Waals surface area contributed by atoms with Gasteiger partial charge in [-0.25, -0.2) is 4.39 Å². The molecular weight excluding hydrogens is 293 g/mol. The van der Waals surface area contributed by atoms with Crippen LogP contribution in [0, 0.1) is 11.7 Å². The van der Waals surface area contributed by atoms with Gasteiger partial charge in [-0.05, 0) is 30.4 Å². The van der Waals surface area contributed by atoms with Crippen LogP contribution < -0.4 is 10.6 Å². The lowest BCUT2D eigenvalue weighted by molar-refractivity contribution is 0.114. The van der Waals surface area contributed by atoms with E-state index >= 15 is 0 Å². The first kappa shape index (κ1) is 17.7. The van der Waals surface area contributed by atoms with Crippen LogP contribution in [0.4, 0.5) is 4.39 Å². The molecule has 0 saturated heterocycles. The minimum absolute atomic E-state index is 0.0862. The van der Waals surface area contributed by atoms with E-state index in [0.717, 1.165) is 31.0 Å². The molecule has 1 saturated carbocycles. The molecule has 0 radical (unpaired) electrons. The van der Waals surface area contributed by atoms with Gasteiger partial charge in [0.15, 0.2) is 5.96 Å². The van der Waals surface area contributed by atoms with Crippen molar-refractivity contribution in [3.8, 4) is 0 Å². The van der Waals surface area contributed by atoms with Crippen molar-refractivity contribution in [3.05, 3.63) is 35.6 Å². The van der Waals surface area contributed by atoms with Crippen molar-refractivity contribution in [2.75, 3.05) is 33.4 Å². The van der Waals surface area contributed by atoms with E-state index in [0.29, 0.717) is 25.6 Å². The van der Waals surface area contributed by atoms with E-state index in [2.05, 4.69) is 29.5 Å². The second-order valence-electron chi connectivity index (χ2n) is 6.58. The van der Waals surface area contributed by atoms with Gasteiger partial charge >= 0.3 is 0 Å². The number of hydrogen-bond acceptors (Lipinski definition) is 2. The number of ether oxygens (including phenoxy) is 1. The quantitative estimate of drug-likeness (QED) is 0.440. The summed E-state index contributed by atoms with van der Waals surface area (Å²) in [5.41, 5.74) is 0.722. The van der Waals surface area contributed by atoms with Crippen molar-refractivity contribution in [1.82, 2.24) is 10.6 Å². The third-order valence-corrected chi connectivity index (χ3v) is 4.11. The summed E-state index contributed by atoms with van der Waals surface area (Å²) in [6, 6.07) is 7.06. The maximum Gasteiger partial charge on any atom is 0.191 e. The molecule has 4 nitrogen and oxygen atoms in total. The normalized spacial score (nSPS) is 16.5. The Bertz CT molecular complexity index is 527. The van der Waals surface area contributed by atoms with E-state index in [4.69, 9.17) is 4.74 Å². The number of hydrogen-bond donors (Lipinski definition) is 2. The first-order chi connectivity index (χ1) is 11.1. The molecule has 2 rings (SSSR count). The lowest BCUT2D eigenvalue weighted by Crippen LogP contribution is -2.42. The summed E-state index contributed by atoms with van der Waals surface area (Å²) in [6.45, 7) is 7.08. The van der Waals surface area contributed by atoms with Crippen molar-refractivity contribution in [1.29, 1.82) is 0 Å². The van der Waals surface area contributed by atoms with Crippen molar-refractivity contribution in [2.45, 2.75) is 32.1 Å². The molecule has 0 amide bonds. The van der Waals surface area contributed by atoms with E-state index in [1.807, 2.05) is 12.1 Å². The Morgan fingerprint density at radius 3 is 2.65 bits per heavy atom. The summed E-state index contributed by atoms with van der Waals surface area (Å²) >= 11 is 0. The average Bonchev–Trinajstić information content (AvgIpc) is 3.31. The predicted molar refractivity (Wildman–Crippen MR) is 92.3 cm³/mol. The monoisotopic (exact) mass is 321 g/mol. The number of rotatable bonds is 8. The standard InChI is InChI=1S/C18H28FN3O/c1-14(2)12-23-11-10-21-17(20-3)22-13-18(8-9-18)15-6-4-5-7-16(15)19/h4-7,14H,8-13H2,1-3H3,(H2,20,21,22). The minimum Gasteiger partial charge on any atom is -0.379 e. The Morgan fingerprint density at radius 2 is 2.04 bits per heavy atom. The summed E-state index contributed by atoms with van der Waals surface area (Å²) < 4.78 is 19.5. The molecule has 0 bridgehead atoms. The zero-order valence-electron chi connectivity index (χ0n) is 14.4. The Labute approximate surface area is 138 Å². The van der Waals surface area contributed by atoms with Crippen molar-refractivity contribution >= 4 is 5.96 Å². The molecule has 1 aromatic carbocycles. The molecule has 1 fully saturated rings. The van der Waals surface area contributed by atoms with Gasteiger partial charge in [-0.2, -0.15) is 0 Å². The molecule has 0 aliphatic heterocycles. The molecule has 0 heterocycles. The lowest BCUT2D eigenvalue weighted by atomic mass is 9.95. The number of guanidine groups is 1. The SMILES string of the molecule is CN=C(NCCOCC(C)C)NCC1(c2ccccc2F)CC1. The Kier molecular flexibility index (Phi) is 6.39. The van der Waals surface area contributed by atoms with Gasteiger partial charge in [-0.1, -0.05) is 32.0 Å². The highest BCUT2D eigenvalue weighted by atomic mass is 19.1. The summed E-state index contributed by atoms with van der Waals surface area (Å²) in [6.07, 6.45) is 2.02. The Balaban J connectivity index is 1.77. The molecule has 5 heteroatoms. The summed E-state index contributed by atoms with van der Waals surface area (Å²) in [7, 11) is 1.74. The highest BCUT2D eigenvalue weighted by Crippen LogP contribution is 2.48. The Hall–Kier alpha value is -1.62. The maximum atomic E-state index is 14.0. The topological polar surface area (TPSA) is 45.7 Å². The van der Waals surface area contributed by atoms with Crippen molar-refractivity contribution in [2.24, 2.45) is 10.9 Å². The average molecular weight is 321 g/mol. The molecular formula is C18H28FN3O. The Morgan fingerprint density at radius 1 is 1.30 bits per heavy atom. The number of benzene rings is 1. The fourth-order valence-corrected chi connectivity index (χ4v) is 2.62. The van der Waals surface area contributed by atoms with Crippen molar-refractivity contribution < 1.29 is 9.13 Å². The lowest BCUT2D eigenvalue weighted by Gasteiger charge is -2.19. The van der Waals surface area contributed by atoms with Crippen LogP contribution in [0.25, 0.3) is 0 Å². The fraction of sp³-hybridized carbons (Fsp3) is 0.611. The van der Waals surface area contributed by atoms with E-state index in [-0.39, 0.29) is 11.2 Å². The van der Waals surface area contributed by atoms with Crippen LogP contribution in [0.1, 0.15) is 32.3 Å². The number of nitrogens with zero attached hydrogens (tertiary/aromatic N) is 1. The van der Waals surface area contributed by atoms with Gasteiger partial charge < -0.3 is 15.4 Å². The maximum absolute atomic E-state index is 14.0. The van der Waals surface area contributed by atoms with Crippen LogP contribution in [0.5, 0.6) is 0 Å². The highest BCUT2D eigenvalue weighted by Gasteiger charge is 2.45. The number of nitrogens with one attached hydrogen (secondary N) is 2. The molecule has 0 spiro atoms. The summed E-state index contributed by atoms with van der Waals surface area (Å²) in [5, 5.41) is 6.54.